The van der Waals surface area contributed by atoms with Crippen molar-refractivity contribution >= 4 is 34.9 Å². The minimum atomic E-state index is -1.20. The van der Waals surface area contributed by atoms with Crippen molar-refractivity contribution < 1.29 is 28.6 Å². The van der Waals surface area contributed by atoms with Crippen molar-refractivity contribution in [2.75, 3.05) is 38.0 Å². The first-order valence-corrected chi connectivity index (χ1v) is 9.98. The van der Waals surface area contributed by atoms with E-state index in [1.165, 1.54) is 6.92 Å². The predicted octanol–water partition coefficient (Wildman–Crippen LogP) is 1.47. The van der Waals surface area contributed by atoms with Gasteiger partial charge in [0, 0.05) is 25.8 Å². The number of anilines is 2. The number of alkyl halides is 1. The van der Waals surface area contributed by atoms with E-state index in [9.17, 15) is 19.1 Å². The molecule has 0 aromatic carbocycles. The molecule has 1 saturated heterocycles. The van der Waals surface area contributed by atoms with Gasteiger partial charge in [0.1, 0.15) is 12.8 Å². The second-order valence-corrected chi connectivity index (χ2v) is 7.74. The maximum Gasteiger partial charge on any atom is 0.310 e. The van der Waals surface area contributed by atoms with Gasteiger partial charge < -0.3 is 25.6 Å². The molecule has 0 radical (unpaired) electrons. The molecule has 2 unspecified atom stereocenters. The van der Waals surface area contributed by atoms with Gasteiger partial charge in [-0.3, -0.25) is 18.5 Å². The summed E-state index contributed by atoms with van der Waals surface area (Å²) in [4.78, 5) is 35.4. The van der Waals surface area contributed by atoms with Crippen LogP contribution in [0.2, 0.25) is 0 Å². The summed E-state index contributed by atoms with van der Waals surface area (Å²) in [5.41, 5.74) is 6.86. The summed E-state index contributed by atoms with van der Waals surface area (Å²) in [6.45, 7) is 2.26. The number of fused-ring (bicyclic) bond motifs is 1. The highest BCUT2D eigenvalue weighted by molar-refractivity contribution is 5.84. The summed E-state index contributed by atoms with van der Waals surface area (Å²) in [7, 11) is 1.71. The van der Waals surface area contributed by atoms with Crippen molar-refractivity contribution in [3.8, 4) is 0 Å². The minimum absolute atomic E-state index is 0.0798. The Bertz CT molecular complexity index is 953. The topological polar surface area (TPSA) is 154 Å². The molecule has 0 saturated carbocycles. The highest BCUT2D eigenvalue weighted by Gasteiger charge is 2.40. The Morgan fingerprint density at radius 1 is 1.48 bits per heavy atom. The van der Waals surface area contributed by atoms with Crippen LogP contribution in [0.3, 0.4) is 0 Å². The Balaban J connectivity index is 1.78. The molecule has 170 valence electrons. The molecule has 1 aliphatic heterocycles. The van der Waals surface area contributed by atoms with Crippen LogP contribution < -0.4 is 11.1 Å². The lowest BCUT2D eigenvalue weighted by Gasteiger charge is -2.26. The zero-order chi connectivity index (χ0) is 22.7. The van der Waals surface area contributed by atoms with Crippen LogP contribution in [0, 0.1) is 23.7 Å². The SMILES string of the molecule is CNc1nc(N)nc2c1ncn2[C@@H]1OCC(C[C@@H](CF)[C@H](COC(C)=O)C(=O)O)C1C. The molecular weight excluding hydrogens is 411 g/mol. The van der Waals surface area contributed by atoms with Crippen molar-refractivity contribution in [3.63, 3.8) is 0 Å². The van der Waals surface area contributed by atoms with Crippen molar-refractivity contribution in [2.45, 2.75) is 26.5 Å². The number of nitrogens with two attached hydrogens (primary N) is 1. The van der Waals surface area contributed by atoms with Crippen molar-refractivity contribution in [2.24, 2.45) is 23.7 Å². The van der Waals surface area contributed by atoms with Crippen LogP contribution in [0.5, 0.6) is 0 Å². The average molecular weight is 438 g/mol. The molecule has 31 heavy (non-hydrogen) atoms. The molecule has 2 aromatic heterocycles. The molecule has 0 amide bonds. The van der Waals surface area contributed by atoms with Crippen molar-refractivity contribution in [3.05, 3.63) is 6.33 Å². The number of halogens is 1. The summed E-state index contributed by atoms with van der Waals surface area (Å²) in [6, 6.07) is 0. The number of carbonyl (C=O) groups excluding carboxylic acids is 1. The summed E-state index contributed by atoms with van der Waals surface area (Å²) in [5.74, 6) is -3.33. The van der Waals surface area contributed by atoms with Crippen LogP contribution in [0.1, 0.15) is 26.5 Å². The van der Waals surface area contributed by atoms with Crippen LogP contribution in [-0.2, 0) is 19.1 Å². The summed E-state index contributed by atoms with van der Waals surface area (Å²) >= 11 is 0. The van der Waals surface area contributed by atoms with E-state index in [0.717, 1.165) is 0 Å². The van der Waals surface area contributed by atoms with Crippen LogP contribution in [0.4, 0.5) is 16.2 Å². The van der Waals surface area contributed by atoms with E-state index in [-0.39, 0.29) is 30.8 Å². The minimum Gasteiger partial charge on any atom is -0.481 e. The quantitative estimate of drug-likeness (QED) is 0.490. The second kappa shape index (κ2) is 9.41. The highest BCUT2D eigenvalue weighted by Crippen LogP contribution is 2.40. The lowest BCUT2D eigenvalue weighted by atomic mass is 9.81. The van der Waals surface area contributed by atoms with Gasteiger partial charge in [-0.05, 0) is 12.3 Å². The summed E-state index contributed by atoms with van der Waals surface area (Å²) in [5, 5.41) is 12.4. The van der Waals surface area contributed by atoms with Crippen LogP contribution in [0.15, 0.2) is 6.33 Å². The second-order valence-electron chi connectivity index (χ2n) is 7.74. The van der Waals surface area contributed by atoms with Crippen molar-refractivity contribution in [1.82, 2.24) is 19.5 Å². The van der Waals surface area contributed by atoms with Crippen LogP contribution >= 0.6 is 0 Å². The monoisotopic (exact) mass is 438 g/mol. The van der Waals surface area contributed by atoms with Crippen molar-refractivity contribution in [1.29, 1.82) is 0 Å². The number of hydrogen-bond donors (Lipinski definition) is 3. The fourth-order valence-corrected chi connectivity index (χ4v) is 4.01. The molecule has 3 heterocycles. The fourth-order valence-electron chi connectivity index (χ4n) is 4.01. The highest BCUT2D eigenvalue weighted by atomic mass is 19.1. The maximum absolute atomic E-state index is 13.8. The molecule has 2 aromatic rings. The maximum atomic E-state index is 13.8. The van der Waals surface area contributed by atoms with Gasteiger partial charge in [0.05, 0.1) is 25.5 Å². The number of esters is 1. The zero-order valence-electron chi connectivity index (χ0n) is 17.6. The summed E-state index contributed by atoms with van der Waals surface area (Å²) < 4.78 is 26.4. The normalized spacial score (nSPS) is 22.9. The Labute approximate surface area is 178 Å². The first kappa shape index (κ1) is 22.7. The molecule has 4 N–H and O–H groups in total. The molecule has 11 nitrogen and oxygen atoms in total. The third-order valence-corrected chi connectivity index (χ3v) is 5.78. The number of ether oxygens (including phenoxy) is 2. The smallest absolute Gasteiger partial charge is 0.310 e. The number of nitrogens with zero attached hydrogens (tertiary/aromatic N) is 4. The van der Waals surface area contributed by atoms with Gasteiger partial charge in [-0.15, -0.1) is 0 Å². The first-order chi connectivity index (χ1) is 14.8. The van der Waals surface area contributed by atoms with Gasteiger partial charge in [0.15, 0.2) is 17.0 Å². The number of hydrogen-bond acceptors (Lipinski definition) is 9. The number of aliphatic carboxylic acids is 1. The van der Waals surface area contributed by atoms with Gasteiger partial charge in [0.2, 0.25) is 5.95 Å². The lowest BCUT2D eigenvalue weighted by Crippen LogP contribution is -2.32. The van der Waals surface area contributed by atoms with Crippen LogP contribution in [-0.4, -0.2) is 63.5 Å². The van der Waals surface area contributed by atoms with E-state index in [2.05, 4.69) is 20.3 Å². The number of carbonyl (C=O) groups is 2. The number of nitrogens with one attached hydrogen (secondary N) is 1. The first-order valence-electron chi connectivity index (χ1n) is 9.98. The van der Waals surface area contributed by atoms with Gasteiger partial charge in [-0.2, -0.15) is 9.97 Å². The Morgan fingerprint density at radius 2 is 2.23 bits per heavy atom. The summed E-state index contributed by atoms with van der Waals surface area (Å²) in [6.07, 6.45) is 1.44. The molecule has 1 fully saturated rings. The van der Waals surface area contributed by atoms with E-state index in [4.69, 9.17) is 15.2 Å². The standard InChI is InChI=1S/C19H27FN6O5/c1-9-12(4-11(5-20)13(18(28)29)7-30-10(2)27)6-31-17(9)26-8-23-14-15(22-3)24-19(21)25-16(14)26/h8-9,11-13,17H,4-7H2,1-3H3,(H,28,29)(H3,21,22,24,25)/t9?,11-,12?,13-,17+/m0/s1. The largest absolute Gasteiger partial charge is 0.481 e. The van der Waals surface area contributed by atoms with E-state index in [0.29, 0.717) is 23.6 Å². The molecule has 0 aliphatic carbocycles. The number of aromatic nitrogens is 4. The Morgan fingerprint density at radius 3 is 2.84 bits per heavy atom. The third kappa shape index (κ3) is 4.68. The number of rotatable bonds is 9. The van der Waals surface area contributed by atoms with E-state index in [1.807, 2.05) is 6.92 Å². The van der Waals surface area contributed by atoms with E-state index >= 15 is 0 Å². The number of carboxylic acid groups (broad SMARTS) is 1. The van der Waals surface area contributed by atoms with Gasteiger partial charge in [-0.25, -0.2) is 4.98 Å². The molecule has 1 aliphatic rings. The fraction of sp³-hybridized carbons (Fsp3) is 0.632. The van der Waals surface area contributed by atoms with Gasteiger partial charge in [-0.1, -0.05) is 6.92 Å². The van der Waals surface area contributed by atoms with E-state index in [1.54, 1.807) is 17.9 Å². The molecule has 0 bridgehead atoms. The van der Waals surface area contributed by atoms with Gasteiger partial charge in [0.25, 0.3) is 0 Å². The van der Waals surface area contributed by atoms with E-state index < -0.39 is 36.7 Å². The number of nitrogen functional groups attached to an aromatic ring is 1. The molecular formula is C19H27FN6O5. The molecule has 12 heteroatoms. The van der Waals surface area contributed by atoms with Gasteiger partial charge >= 0.3 is 11.9 Å². The molecule has 5 atom stereocenters. The number of imidazole rings is 1. The Hall–Kier alpha value is -3.02. The molecule has 3 rings (SSSR count). The lowest BCUT2D eigenvalue weighted by molar-refractivity contribution is -0.152. The van der Waals surface area contributed by atoms with Crippen LogP contribution in [0.25, 0.3) is 11.2 Å². The third-order valence-electron chi connectivity index (χ3n) is 5.78. The predicted molar refractivity (Wildman–Crippen MR) is 109 cm³/mol. The Kier molecular flexibility index (Phi) is 6.88. The average Bonchev–Trinajstić information content (AvgIpc) is 3.29. The molecule has 0 spiro atoms. The zero-order valence-corrected chi connectivity index (χ0v) is 17.6. The number of carboxylic acids is 1.